The van der Waals surface area contributed by atoms with Crippen LogP contribution in [0.25, 0.3) is 20.9 Å². The molecule has 272 valence electrons. The number of ether oxygens (including phenoxy) is 6. The molecule has 0 unspecified atom stereocenters. The number of carbonyl (C=O) groups excluding carboxylic acids is 4. The molecule has 2 aliphatic rings. The highest BCUT2D eigenvalue weighted by Crippen LogP contribution is 2.38. The number of nitrogens with zero attached hydrogens (tertiary/aromatic N) is 8. The predicted molar refractivity (Wildman–Crippen MR) is 181 cm³/mol. The van der Waals surface area contributed by atoms with Crippen molar-refractivity contribution in [1.29, 1.82) is 0 Å². The van der Waals surface area contributed by atoms with Gasteiger partial charge < -0.3 is 38.2 Å². The van der Waals surface area contributed by atoms with Gasteiger partial charge in [0.2, 0.25) is 0 Å². The normalized spacial score (nSPS) is 16.4. The molecule has 2 atom stereocenters. The fraction of sp³-hybridized carbons (Fsp3) is 0.515. The Labute approximate surface area is 293 Å². The van der Waals surface area contributed by atoms with Crippen LogP contribution in [0, 0.1) is 0 Å². The van der Waals surface area contributed by atoms with E-state index in [-0.39, 0.29) is 58.7 Å². The quantitative estimate of drug-likeness (QED) is 0.0672. The molecule has 0 saturated carbocycles. The number of azide groups is 2. The third-order valence-electron chi connectivity index (χ3n) is 8.61. The third-order valence-corrected chi connectivity index (χ3v) is 8.61. The molecule has 2 aromatic carbocycles. The molecular formula is C33H40N8O10. The van der Waals surface area contributed by atoms with Crippen LogP contribution in [0.15, 0.2) is 34.5 Å². The highest BCUT2D eigenvalue weighted by Gasteiger charge is 2.37. The molecule has 2 aromatic rings. The summed E-state index contributed by atoms with van der Waals surface area (Å²) < 4.78 is 32.5. The summed E-state index contributed by atoms with van der Waals surface area (Å²) in [5, 5.41) is 7.38. The van der Waals surface area contributed by atoms with E-state index in [1.54, 1.807) is 0 Å². The number of amides is 2. The lowest BCUT2D eigenvalue weighted by atomic mass is 10.1. The van der Waals surface area contributed by atoms with Crippen LogP contribution in [0.1, 0.15) is 65.7 Å². The number of esters is 2. The number of unbranched alkanes of at least 4 members (excludes halogenated alkanes) is 2. The molecule has 2 aliphatic heterocycles. The Hall–Kier alpha value is -5.86. The van der Waals surface area contributed by atoms with E-state index in [1.165, 1.54) is 62.5 Å². The van der Waals surface area contributed by atoms with Crippen LogP contribution in [-0.4, -0.2) is 100 Å². The van der Waals surface area contributed by atoms with Gasteiger partial charge in [-0.2, -0.15) is 0 Å². The zero-order chi connectivity index (χ0) is 36.9. The van der Waals surface area contributed by atoms with E-state index in [1.807, 2.05) is 0 Å². The minimum absolute atomic E-state index is 0.0349. The van der Waals surface area contributed by atoms with E-state index in [4.69, 9.17) is 28.4 Å². The van der Waals surface area contributed by atoms with Crippen LogP contribution >= 0.6 is 0 Å². The fourth-order valence-electron chi connectivity index (χ4n) is 6.08. The molecular weight excluding hydrogens is 668 g/mol. The maximum atomic E-state index is 13.4. The molecule has 18 heteroatoms. The number of rotatable bonds is 16. The van der Waals surface area contributed by atoms with Gasteiger partial charge in [0.25, 0.3) is 11.8 Å². The number of benzene rings is 2. The fourth-order valence-corrected chi connectivity index (χ4v) is 6.08. The second-order valence-electron chi connectivity index (χ2n) is 11.5. The van der Waals surface area contributed by atoms with Gasteiger partial charge in [0, 0.05) is 22.9 Å². The van der Waals surface area contributed by atoms with Crippen molar-refractivity contribution >= 4 is 35.1 Å². The van der Waals surface area contributed by atoms with Crippen molar-refractivity contribution < 1.29 is 47.6 Å². The highest BCUT2D eigenvalue weighted by atomic mass is 16.5. The average Bonchev–Trinajstić information content (AvgIpc) is 3.85. The van der Waals surface area contributed by atoms with E-state index in [9.17, 15) is 30.2 Å². The van der Waals surface area contributed by atoms with Gasteiger partial charge in [0.15, 0.2) is 23.0 Å². The Morgan fingerprint density at radius 1 is 0.667 bits per heavy atom. The van der Waals surface area contributed by atoms with Crippen molar-refractivity contribution in [3.8, 4) is 23.0 Å². The molecule has 18 nitrogen and oxygen atoms in total. The van der Waals surface area contributed by atoms with E-state index in [0.29, 0.717) is 58.0 Å². The number of likely N-dealkylation sites (tertiary alicyclic amines) is 2. The number of methoxy groups -OCH3 is 4. The summed E-state index contributed by atoms with van der Waals surface area (Å²) in [4.78, 5) is 59.8. The first kappa shape index (κ1) is 38.0. The topological polar surface area (TPSA) is 228 Å². The van der Waals surface area contributed by atoms with Crippen molar-refractivity contribution in [2.75, 3.05) is 54.7 Å². The Morgan fingerprint density at radius 2 is 1.08 bits per heavy atom. The van der Waals surface area contributed by atoms with E-state index in [0.717, 1.165) is 0 Å². The Balaban J connectivity index is 1.36. The second-order valence-corrected chi connectivity index (χ2v) is 11.5. The maximum Gasteiger partial charge on any atom is 0.328 e. The van der Waals surface area contributed by atoms with E-state index in [2.05, 4.69) is 20.1 Å². The van der Waals surface area contributed by atoms with Crippen molar-refractivity contribution in [3.05, 3.63) is 56.3 Å². The first-order chi connectivity index (χ1) is 24.7. The zero-order valence-electron chi connectivity index (χ0n) is 28.9. The van der Waals surface area contributed by atoms with E-state index < -0.39 is 35.8 Å². The van der Waals surface area contributed by atoms with Gasteiger partial charge in [-0.25, -0.2) is 9.59 Å². The van der Waals surface area contributed by atoms with E-state index >= 15 is 0 Å². The molecule has 0 aliphatic carbocycles. The molecule has 2 amide bonds. The van der Waals surface area contributed by atoms with Gasteiger partial charge >= 0.3 is 11.9 Å². The number of carbonyl (C=O) groups is 4. The monoisotopic (exact) mass is 708 g/mol. The summed E-state index contributed by atoms with van der Waals surface area (Å²) in [6, 6.07) is 4.27. The molecule has 0 radical (unpaired) electrons. The predicted octanol–water partition coefficient (Wildman–Crippen LogP) is 5.77. The van der Waals surface area contributed by atoms with Crippen LogP contribution in [0.2, 0.25) is 0 Å². The number of hydrogen-bond acceptors (Lipinski definition) is 12. The lowest BCUT2D eigenvalue weighted by Gasteiger charge is -2.24. The van der Waals surface area contributed by atoms with Crippen molar-refractivity contribution in [2.24, 2.45) is 10.2 Å². The molecule has 4 rings (SSSR count). The van der Waals surface area contributed by atoms with Gasteiger partial charge in [-0.15, -0.1) is 0 Å². The first-order valence-electron chi connectivity index (χ1n) is 16.3. The molecule has 0 aromatic heterocycles. The molecule has 0 bridgehead atoms. The average molecular weight is 709 g/mol. The lowest BCUT2D eigenvalue weighted by molar-refractivity contribution is -0.145. The van der Waals surface area contributed by atoms with Crippen molar-refractivity contribution in [1.82, 2.24) is 9.80 Å². The summed E-state index contributed by atoms with van der Waals surface area (Å²) in [5.74, 6) is -0.952. The summed E-state index contributed by atoms with van der Waals surface area (Å²) in [6.07, 6.45) is 4.07. The number of hydrogen-bond donors (Lipinski definition) is 0. The minimum atomic E-state index is -0.729. The smallest absolute Gasteiger partial charge is 0.328 e. The standard InChI is InChI=1S/C33H40N8O10/c1-46-26-16-20(30(42)40-12-8-10-24(40)32(44)48-3)22(36-38-34)18-28(26)50-14-6-5-7-15-51-29-19-23(37-39-35)21(17-27(29)47-2)31(43)41-13-9-11-25(41)33(45)49-4/h16-19,24-25H,5-15H2,1-4H3/t24-,25-/m0/s1. The molecule has 0 N–H and O–H groups in total. The van der Waals surface area contributed by atoms with Crippen molar-refractivity contribution in [3.63, 3.8) is 0 Å². The minimum Gasteiger partial charge on any atom is -0.493 e. The van der Waals surface area contributed by atoms with Crippen LogP contribution in [-0.2, 0) is 19.1 Å². The molecule has 2 heterocycles. The Kier molecular flexibility index (Phi) is 13.6. The molecule has 0 spiro atoms. The molecule has 2 saturated heterocycles. The largest absolute Gasteiger partial charge is 0.493 e. The van der Waals surface area contributed by atoms with Gasteiger partial charge in [0.05, 0.1) is 64.2 Å². The van der Waals surface area contributed by atoms with Gasteiger partial charge in [-0.3, -0.25) is 9.59 Å². The highest BCUT2D eigenvalue weighted by molar-refractivity contribution is 6.02. The summed E-state index contributed by atoms with van der Waals surface area (Å²) in [5.41, 5.74) is 18.6. The molecule has 51 heavy (non-hydrogen) atoms. The summed E-state index contributed by atoms with van der Waals surface area (Å²) in [6.45, 7) is 1.23. The van der Waals surface area contributed by atoms with Gasteiger partial charge in [-0.05, 0) is 80.3 Å². The third kappa shape index (κ3) is 8.84. The maximum absolute atomic E-state index is 13.4. The zero-order valence-corrected chi connectivity index (χ0v) is 28.9. The SMILES string of the molecule is COC(=O)[C@@H]1CCCN1C(=O)c1cc(OC)c(OCCCCCOc2cc(N=[N+]=[N-])c(C(=O)N3CCC[C@H]3C(=O)OC)cc2OC)cc1N=[N+]=[N-]. The van der Waals surface area contributed by atoms with Crippen LogP contribution in [0.5, 0.6) is 23.0 Å². The molecule has 2 fully saturated rings. The lowest BCUT2D eigenvalue weighted by Crippen LogP contribution is -2.41. The first-order valence-corrected chi connectivity index (χ1v) is 16.3. The van der Waals surface area contributed by atoms with Gasteiger partial charge in [-0.1, -0.05) is 10.2 Å². The summed E-state index contributed by atoms with van der Waals surface area (Å²) in [7, 11) is 5.37. The van der Waals surface area contributed by atoms with Crippen LogP contribution in [0.3, 0.4) is 0 Å². The second kappa shape index (κ2) is 18.2. The Morgan fingerprint density at radius 3 is 1.43 bits per heavy atom. The van der Waals surface area contributed by atoms with Crippen LogP contribution < -0.4 is 18.9 Å². The van der Waals surface area contributed by atoms with Crippen LogP contribution in [0.4, 0.5) is 11.4 Å². The Bertz CT molecular complexity index is 1600. The summed E-state index contributed by atoms with van der Waals surface area (Å²) >= 11 is 0. The van der Waals surface area contributed by atoms with Gasteiger partial charge in [0.1, 0.15) is 12.1 Å². The van der Waals surface area contributed by atoms with Crippen molar-refractivity contribution in [2.45, 2.75) is 57.0 Å².